The van der Waals surface area contributed by atoms with Gasteiger partial charge in [-0.3, -0.25) is 0 Å². The van der Waals surface area contributed by atoms with Gasteiger partial charge in [0, 0.05) is 26.4 Å². The summed E-state index contributed by atoms with van der Waals surface area (Å²) in [6, 6.07) is 0. The molecule has 0 aromatic rings. The van der Waals surface area contributed by atoms with Crippen LogP contribution in [0, 0.1) is 0 Å². The molecule has 0 saturated carbocycles. The molecule has 0 N–H and O–H groups in total. The Kier molecular flexibility index (Phi) is 25.4. The van der Waals surface area contributed by atoms with Crippen LogP contribution in [0.25, 0.3) is 0 Å². The molecule has 0 aromatic heterocycles. The fraction of sp³-hybridized carbons (Fsp3) is 1.00. The lowest BCUT2D eigenvalue weighted by Crippen LogP contribution is -2.18. The van der Waals surface area contributed by atoms with Crippen molar-refractivity contribution in [2.24, 2.45) is 0 Å². The van der Waals surface area contributed by atoms with Gasteiger partial charge in [0.1, 0.15) is 0 Å². The van der Waals surface area contributed by atoms with Gasteiger partial charge in [0.05, 0.1) is 0 Å². The lowest BCUT2D eigenvalue weighted by Gasteiger charge is -2.18. The second-order valence-corrected chi connectivity index (χ2v) is 10.2. The highest BCUT2D eigenvalue weighted by atomic mass is 24.5. The van der Waals surface area contributed by atoms with Crippen molar-refractivity contribution in [2.45, 2.75) is 126 Å². The van der Waals surface area contributed by atoms with E-state index in [0.717, 1.165) is 65.0 Å². The van der Waals surface area contributed by atoms with Crippen molar-refractivity contribution < 1.29 is 18.9 Å². The van der Waals surface area contributed by atoms with Crippen LogP contribution in [0.5, 0.6) is 0 Å². The predicted molar refractivity (Wildman–Crippen MR) is 125 cm³/mol. The van der Waals surface area contributed by atoms with Crippen molar-refractivity contribution in [3.63, 3.8) is 0 Å². The summed E-state index contributed by atoms with van der Waals surface area (Å²) in [6.07, 6.45) is 14.4. The largest absolute Gasteiger partial charge is 0.364 e. The molecule has 29 heavy (non-hydrogen) atoms. The van der Waals surface area contributed by atoms with Crippen molar-refractivity contribution in [1.82, 2.24) is 0 Å². The molecule has 0 fully saturated rings. The maximum atomic E-state index is 5.80. The zero-order chi connectivity index (χ0) is 21.4. The number of ether oxygens (including phenoxy) is 4. The van der Waals surface area contributed by atoms with Crippen molar-refractivity contribution in [3.05, 3.63) is 0 Å². The highest BCUT2D eigenvalue weighted by molar-refractivity contribution is 6.35. The van der Waals surface area contributed by atoms with Crippen LogP contribution >= 0.6 is 0 Å². The minimum absolute atomic E-state index is 0.0265. The number of rotatable bonds is 24. The zero-order valence-electron chi connectivity index (χ0n) is 20.2. The Hall–Kier alpha value is 0.606. The van der Waals surface area contributed by atoms with Gasteiger partial charge < -0.3 is 18.9 Å². The number of hydrogen-bond acceptors (Lipinski definition) is 4. The van der Waals surface area contributed by atoms with Crippen molar-refractivity contribution in [2.75, 3.05) is 26.4 Å². The van der Waals surface area contributed by atoms with Crippen LogP contribution in [0.3, 0.4) is 0 Å². The smallest absolute Gasteiger partial charge is 0.353 e. The Labute approximate surface area is 191 Å². The van der Waals surface area contributed by atoms with E-state index in [-0.39, 0.29) is 32.9 Å². The molecule has 0 aliphatic heterocycles. The summed E-state index contributed by atoms with van der Waals surface area (Å²) < 4.78 is 26.2. The molecule has 0 amide bonds. The van der Waals surface area contributed by atoms with E-state index in [9.17, 15) is 0 Å². The number of unbranched alkanes of at least 4 members (excludes halogenated alkanes) is 4. The van der Waals surface area contributed by atoms with Crippen molar-refractivity contribution >= 4 is 20.4 Å². The van der Waals surface area contributed by atoms with E-state index in [0.29, 0.717) is 0 Å². The average molecular weight is 427 g/mol. The summed E-state index contributed by atoms with van der Waals surface area (Å²) in [6.45, 7) is 11.9. The van der Waals surface area contributed by atoms with Crippen LogP contribution in [0.1, 0.15) is 105 Å². The molecule has 172 valence electrons. The van der Waals surface area contributed by atoms with Gasteiger partial charge in [0.15, 0.2) is 12.6 Å². The van der Waals surface area contributed by atoms with E-state index in [2.05, 4.69) is 27.7 Å². The van der Waals surface area contributed by atoms with Gasteiger partial charge in [-0.2, -0.15) is 0 Å². The van der Waals surface area contributed by atoms with Gasteiger partial charge in [-0.15, -0.1) is 9.10 Å². The van der Waals surface area contributed by atoms with Crippen LogP contribution in [0.15, 0.2) is 0 Å². The second kappa shape index (κ2) is 24.9. The van der Waals surface area contributed by atoms with Crippen LogP contribution < -0.4 is 0 Å². The Balaban J connectivity index is 3.52. The molecule has 0 bridgehead atoms. The number of hydrogen-bond donors (Lipinski definition) is 0. The molecular formula is C24H50MgO4. The summed E-state index contributed by atoms with van der Waals surface area (Å²) >= 11 is 0.138. The first-order chi connectivity index (χ1) is 14.3. The van der Waals surface area contributed by atoms with E-state index in [1.54, 1.807) is 0 Å². The molecule has 0 rings (SSSR count). The minimum atomic E-state index is 0.0265. The highest BCUT2D eigenvalue weighted by Crippen LogP contribution is 2.13. The molecule has 0 radical (unpaired) electrons. The Morgan fingerprint density at radius 3 is 1.14 bits per heavy atom. The third-order valence-electron chi connectivity index (χ3n) is 4.91. The molecular weight excluding hydrogens is 377 g/mol. The van der Waals surface area contributed by atoms with Gasteiger partial charge >= 0.3 is 20.4 Å². The van der Waals surface area contributed by atoms with Gasteiger partial charge in [0.2, 0.25) is 0 Å². The predicted octanol–water partition coefficient (Wildman–Crippen LogP) is 7.01. The standard InChI is InChI=1S/2C12H25O2.Mg/c2*1-4-7-8-9-12(13-10-5-2)14-11-6-3;/h2*12H,1,4-11H2,2-3H3;. The Bertz CT molecular complexity index is 261. The maximum Gasteiger partial charge on any atom is 0.364 e. The first-order valence-electron chi connectivity index (χ1n) is 12.7. The van der Waals surface area contributed by atoms with Crippen LogP contribution in [-0.4, -0.2) is 59.4 Å². The molecule has 0 aliphatic carbocycles. The molecule has 5 heteroatoms. The van der Waals surface area contributed by atoms with Crippen LogP contribution in [0.2, 0.25) is 9.10 Å². The first kappa shape index (κ1) is 29.6. The Morgan fingerprint density at radius 1 is 0.483 bits per heavy atom. The Morgan fingerprint density at radius 2 is 0.828 bits per heavy atom. The molecule has 0 aromatic carbocycles. The summed E-state index contributed by atoms with van der Waals surface area (Å²) in [5.41, 5.74) is 0. The van der Waals surface area contributed by atoms with Crippen molar-refractivity contribution in [1.29, 1.82) is 0 Å². The summed E-state index contributed by atoms with van der Waals surface area (Å²) in [5, 5.41) is 0. The zero-order valence-corrected chi connectivity index (χ0v) is 21.6. The van der Waals surface area contributed by atoms with E-state index < -0.39 is 0 Å². The third-order valence-corrected chi connectivity index (χ3v) is 6.91. The molecule has 0 spiro atoms. The lowest BCUT2D eigenvalue weighted by molar-refractivity contribution is -0.146. The fourth-order valence-electron chi connectivity index (χ4n) is 3.29. The van der Waals surface area contributed by atoms with Gasteiger partial charge in [0.25, 0.3) is 0 Å². The van der Waals surface area contributed by atoms with E-state index in [1.165, 1.54) is 47.6 Å². The van der Waals surface area contributed by atoms with Crippen LogP contribution in [-0.2, 0) is 18.9 Å². The SMILES string of the molecule is CCCOC(CCCC[CH2][Mg][CH2]CCCCC(OCCC)OCCC)OCCC. The minimum Gasteiger partial charge on any atom is -0.353 e. The van der Waals surface area contributed by atoms with Gasteiger partial charge in [-0.05, 0) is 51.4 Å². The second-order valence-electron chi connectivity index (χ2n) is 8.10. The third kappa shape index (κ3) is 21.6. The topological polar surface area (TPSA) is 36.9 Å². The summed E-state index contributed by atoms with van der Waals surface area (Å²) in [4.78, 5) is 0. The van der Waals surface area contributed by atoms with Gasteiger partial charge in [-0.1, -0.05) is 53.4 Å². The van der Waals surface area contributed by atoms with Crippen molar-refractivity contribution in [3.8, 4) is 0 Å². The first-order valence-corrected chi connectivity index (χ1v) is 14.7. The molecule has 0 aliphatic rings. The average Bonchev–Trinajstić information content (AvgIpc) is 2.74. The van der Waals surface area contributed by atoms with E-state index in [1.807, 2.05) is 0 Å². The van der Waals surface area contributed by atoms with E-state index in [4.69, 9.17) is 18.9 Å². The quantitative estimate of drug-likeness (QED) is 0.0944. The molecule has 0 saturated heterocycles. The molecule has 0 unspecified atom stereocenters. The summed E-state index contributed by atoms with van der Waals surface area (Å²) in [7, 11) is 0. The normalized spacial score (nSPS) is 11.5. The molecule has 0 atom stereocenters. The molecule has 4 nitrogen and oxygen atoms in total. The summed E-state index contributed by atoms with van der Waals surface area (Å²) in [5.74, 6) is 0. The highest BCUT2D eigenvalue weighted by Gasteiger charge is 2.09. The van der Waals surface area contributed by atoms with Crippen LogP contribution in [0.4, 0.5) is 0 Å². The van der Waals surface area contributed by atoms with E-state index >= 15 is 0 Å². The monoisotopic (exact) mass is 426 g/mol. The fourth-order valence-corrected chi connectivity index (χ4v) is 5.05. The molecule has 0 heterocycles. The maximum absolute atomic E-state index is 5.80. The lowest BCUT2D eigenvalue weighted by atomic mass is 10.2. The van der Waals surface area contributed by atoms with Gasteiger partial charge in [-0.25, -0.2) is 0 Å².